The molecule has 0 amide bonds. The number of piperidine rings is 1. The summed E-state index contributed by atoms with van der Waals surface area (Å²) in [4.78, 5) is 9.89. The highest BCUT2D eigenvalue weighted by molar-refractivity contribution is 5.48. The summed E-state index contributed by atoms with van der Waals surface area (Å²) in [6, 6.07) is 13.8. The summed E-state index contributed by atoms with van der Waals surface area (Å²) in [5.74, 6) is 1.76. The third-order valence-electron chi connectivity index (χ3n) is 7.14. The first-order chi connectivity index (χ1) is 14.0. The van der Waals surface area contributed by atoms with Gasteiger partial charge in [-0.25, -0.2) is 4.98 Å². The van der Waals surface area contributed by atoms with Gasteiger partial charge in [0, 0.05) is 38.1 Å². The molecule has 2 fully saturated rings. The van der Waals surface area contributed by atoms with Gasteiger partial charge in [0.15, 0.2) is 0 Å². The van der Waals surface area contributed by atoms with Gasteiger partial charge >= 0.3 is 0 Å². The van der Waals surface area contributed by atoms with Gasteiger partial charge < -0.3 is 9.80 Å². The number of hydrogen-bond donors (Lipinski definition) is 0. The van der Waals surface area contributed by atoms with Crippen molar-refractivity contribution >= 4 is 11.5 Å². The van der Waals surface area contributed by atoms with Gasteiger partial charge in [-0.05, 0) is 79.2 Å². The van der Waals surface area contributed by atoms with E-state index in [4.69, 9.17) is 4.98 Å². The van der Waals surface area contributed by atoms with Gasteiger partial charge in [0.25, 0.3) is 0 Å². The van der Waals surface area contributed by atoms with Gasteiger partial charge in [-0.1, -0.05) is 39.0 Å². The molecule has 29 heavy (non-hydrogen) atoms. The molecule has 0 bridgehead atoms. The van der Waals surface area contributed by atoms with E-state index >= 15 is 0 Å². The molecule has 3 nitrogen and oxygen atoms in total. The Morgan fingerprint density at radius 3 is 2.17 bits per heavy atom. The molecule has 2 aliphatic rings. The van der Waals surface area contributed by atoms with Gasteiger partial charge in [-0.2, -0.15) is 0 Å². The lowest BCUT2D eigenvalue weighted by atomic mass is 9.77. The molecule has 0 aliphatic carbocycles. The fourth-order valence-electron chi connectivity index (χ4n) is 4.95. The third kappa shape index (κ3) is 4.60. The Morgan fingerprint density at radius 1 is 0.793 bits per heavy atom. The van der Waals surface area contributed by atoms with E-state index in [1.165, 1.54) is 55.3 Å². The fourth-order valence-corrected chi connectivity index (χ4v) is 4.95. The summed E-state index contributed by atoms with van der Waals surface area (Å²) < 4.78 is 0. The van der Waals surface area contributed by atoms with Crippen molar-refractivity contribution in [1.29, 1.82) is 0 Å². The molecule has 2 saturated heterocycles. The van der Waals surface area contributed by atoms with Gasteiger partial charge in [0.1, 0.15) is 5.82 Å². The number of aromatic nitrogens is 1. The molecule has 2 aromatic rings. The van der Waals surface area contributed by atoms with Crippen LogP contribution in [0.4, 0.5) is 11.5 Å². The average Bonchev–Trinajstić information content (AvgIpc) is 2.97. The molecule has 1 atom stereocenters. The van der Waals surface area contributed by atoms with E-state index < -0.39 is 0 Å². The predicted octanol–water partition coefficient (Wildman–Crippen LogP) is 6.14. The molecule has 0 saturated carbocycles. The van der Waals surface area contributed by atoms with E-state index in [-0.39, 0.29) is 5.41 Å². The van der Waals surface area contributed by atoms with Gasteiger partial charge in [0.05, 0.1) is 0 Å². The summed E-state index contributed by atoms with van der Waals surface area (Å²) in [6.07, 6.45) is 9.78. The molecule has 1 aromatic carbocycles. The molecule has 2 aliphatic heterocycles. The van der Waals surface area contributed by atoms with Gasteiger partial charge in [-0.3, -0.25) is 0 Å². The Balaban J connectivity index is 1.43. The van der Waals surface area contributed by atoms with Crippen LogP contribution in [0.5, 0.6) is 0 Å². The summed E-state index contributed by atoms with van der Waals surface area (Å²) in [5, 5.41) is 0. The minimum atomic E-state index is 0.222. The zero-order valence-corrected chi connectivity index (χ0v) is 18.5. The molecule has 0 radical (unpaired) electrons. The number of hydrogen-bond acceptors (Lipinski definition) is 3. The highest BCUT2D eigenvalue weighted by Gasteiger charge is 2.30. The van der Waals surface area contributed by atoms with Crippen molar-refractivity contribution in [3.05, 3.63) is 53.7 Å². The summed E-state index contributed by atoms with van der Waals surface area (Å²) in [5.41, 5.74) is 4.43. The van der Waals surface area contributed by atoms with Crippen LogP contribution in [0, 0.1) is 0 Å². The Labute approximate surface area is 177 Å². The molecule has 4 rings (SSSR count). The number of benzene rings is 1. The summed E-state index contributed by atoms with van der Waals surface area (Å²) in [6.45, 7) is 11.5. The van der Waals surface area contributed by atoms with Crippen LogP contribution in [-0.2, 0) is 5.41 Å². The van der Waals surface area contributed by atoms with Crippen molar-refractivity contribution in [1.82, 2.24) is 4.98 Å². The zero-order chi connectivity index (χ0) is 20.3. The second kappa shape index (κ2) is 8.77. The predicted molar refractivity (Wildman–Crippen MR) is 124 cm³/mol. The Kier molecular flexibility index (Phi) is 6.12. The van der Waals surface area contributed by atoms with Crippen LogP contribution in [0.15, 0.2) is 42.6 Å². The molecule has 0 N–H and O–H groups in total. The monoisotopic (exact) mass is 391 g/mol. The maximum atomic E-state index is 4.87. The number of anilines is 2. The highest BCUT2D eigenvalue weighted by Crippen LogP contribution is 2.36. The Morgan fingerprint density at radius 2 is 1.52 bits per heavy atom. The SMILES string of the molecule is CC(C)c1ccc(N2CCCC(C)(c3ccc(N4CCCCC4)nc3)CC2)cc1. The number of pyridine rings is 1. The van der Waals surface area contributed by atoms with E-state index in [1.54, 1.807) is 0 Å². The maximum absolute atomic E-state index is 4.87. The van der Waals surface area contributed by atoms with Crippen molar-refractivity contribution in [3.63, 3.8) is 0 Å². The zero-order valence-electron chi connectivity index (χ0n) is 18.5. The molecule has 1 aromatic heterocycles. The number of rotatable bonds is 4. The first-order valence-corrected chi connectivity index (χ1v) is 11.6. The molecule has 3 heteroatoms. The average molecular weight is 392 g/mol. The van der Waals surface area contributed by atoms with Crippen LogP contribution < -0.4 is 9.80 Å². The van der Waals surface area contributed by atoms with Crippen molar-refractivity contribution in [2.45, 2.75) is 70.6 Å². The van der Waals surface area contributed by atoms with Crippen LogP contribution in [0.25, 0.3) is 0 Å². The lowest BCUT2D eigenvalue weighted by Gasteiger charge is -2.31. The molecular formula is C26H37N3. The molecule has 1 unspecified atom stereocenters. The first kappa shape index (κ1) is 20.3. The Hall–Kier alpha value is -2.03. The summed E-state index contributed by atoms with van der Waals surface area (Å²) >= 11 is 0. The van der Waals surface area contributed by atoms with E-state index in [0.29, 0.717) is 5.92 Å². The van der Waals surface area contributed by atoms with Crippen molar-refractivity contribution in [2.75, 3.05) is 36.0 Å². The second-order valence-electron chi connectivity index (χ2n) is 9.60. The third-order valence-corrected chi connectivity index (χ3v) is 7.14. The van der Waals surface area contributed by atoms with Crippen LogP contribution in [0.1, 0.15) is 76.3 Å². The van der Waals surface area contributed by atoms with Crippen LogP contribution >= 0.6 is 0 Å². The minimum Gasteiger partial charge on any atom is -0.372 e. The van der Waals surface area contributed by atoms with Gasteiger partial charge in [0.2, 0.25) is 0 Å². The molecule has 3 heterocycles. The second-order valence-corrected chi connectivity index (χ2v) is 9.60. The van der Waals surface area contributed by atoms with E-state index in [2.05, 4.69) is 73.2 Å². The van der Waals surface area contributed by atoms with Crippen molar-refractivity contribution < 1.29 is 0 Å². The van der Waals surface area contributed by atoms with Crippen LogP contribution in [-0.4, -0.2) is 31.2 Å². The molecule has 0 spiro atoms. The standard InChI is InChI=1S/C26H37N3/c1-21(2)22-8-11-24(12-9-22)28-18-7-14-26(3,15-19-28)23-10-13-25(27-20-23)29-16-5-4-6-17-29/h8-13,20-21H,4-7,14-19H2,1-3H3. The molecular weight excluding hydrogens is 354 g/mol. The van der Waals surface area contributed by atoms with Crippen LogP contribution in [0.3, 0.4) is 0 Å². The molecule has 156 valence electrons. The van der Waals surface area contributed by atoms with E-state index in [9.17, 15) is 0 Å². The first-order valence-electron chi connectivity index (χ1n) is 11.6. The van der Waals surface area contributed by atoms with Gasteiger partial charge in [-0.15, -0.1) is 0 Å². The van der Waals surface area contributed by atoms with Crippen LogP contribution in [0.2, 0.25) is 0 Å². The maximum Gasteiger partial charge on any atom is 0.128 e. The van der Waals surface area contributed by atoms with Crippen molar-refractivity contribution in [3.8, 4) is 0 Å². The van der Waals surface area contributed by atoms with E-state index in [1.807, 2.05) is 0 Å². The lowest BCUT2D eigenvalue weighted by molar-refractivity contribution is 0.420. The fraction of sp³-hybridized carbons (Fsp3) is 0.577. The number of nitrogens with zero attached hydrogens (tertiary/aromatic N) is 3. The van der Waals surface area contributed by atoms with Crippen molar-refractivity contribution in [2.24, 2.45) is 0 Å². The normalized spacial score (nSPS) is 23.3. The minimum absolute atomic E-state index is 0.222. The smallest absolute Gasteiger partial charge is 0.128 e. The largest absolute Gasteiger partial charge is 0.372 e. The highest BCUT2D eigenvalue weighted by atomic mass is 15.2. The Bertz CT molecular complexity index is 775. The topological polar surface area (TPSA) is 19.4 Å². The lowest BCUT2D eigenvalue weighted by Crippen LogP contribution is -2.30. The summed E-state index contributed by atoms with van der Waals surface area (Å²) in [7, 11) is 0. The quantitative estimate of drug-likeness (QED) is 0.624. The van der Waals surface area contributed by atoms with E-state index in [0.717, 1.165) is 32.0 Å².